The van der Waals surface area contributed by atoms with E-state index in [1.165, 1.54) is 19.2 Å². The summed E-state index contributed by atoms with van der Waals surface area (Å²) in [6, 6.07) is 14.5. The SMILES string of the molecule is CCOC(=O)C1=C(CCC(OC(=O)C(F)(F)F)c2ccccc2)N=C(C)C(C(=O)OC)C1c1cccc(Cl)c1. The van der Waals surface area contributed by atoms with Crippen LogP contribution in [0.15, 0.2) is 70.9 Å². The molecular weight excluding hydrogens is 539 g/mol. The minimum atomic E-state index is -5.19. The van der Waals surface area contributed by atoms with E-state index in [9.17, 15) is 27.6 Å². The molecule has 3 atom stereocenters. The fourth-order valence-corrected chi connectivity index (χ4v) is 4.69. The Morgan fingerprint density at radius 3 is 2.36 bits per heavy atom. The number of halogens is 4. The highest BCUT2D eigenvalue weighted by molar-refractivity contribution is 6.30. The lowest BCUT2D eigenvalue weighted by atomic mass is 9.75. The van der Waals surface area contributed by atoms with Gasteiger partial charge in [0.05, 0.1) is 25.0 Å². The van der Waals surface area contributed by atoms with Crippen LogP contribution in [0.1, 0.15) is 49.8 Å². The monoisotopic (exact) mass is 565 g/mol. The lowest BCUT2D eigenvalue weighted by Gasteiger charge is -2.32. The van der Waals surface area contributed by atoms with Gasteiger partial charge in [-0.15, -0.1) is 0 Å². The predicted molar refractivity (Wildman–Crippen MR) is 137 cm³/mol. The Morgan fingerprint density at radius 2 is 1.77 bits per heavy atom. The van der Waals surface area contributed by atoms with Crippen molar-refractivity contribution < 1.29 is 41.8 Å². The van der Waals surface area contributed by atoms with Gasteiger partial charge in [-0.25, -0.2) is 9.59 Å². The summed E-state index contributed by atoms with van der Waals surface area (Å²) in [4.78, 5) is 42.4. The number of methoxy groups -OCH3 is 1. The molecule has 3 rings (SSSR count). The van der Waals surface area contributed by atoms with Gasteiger partial charge in [0.1, 0.15) is 12.0 Å². The van der Waals surface area contributed by atoms with Gasteiger partial charge in [-0.2, -0.15) is 13.2 Å². The van der Waals surface area contributed by atoms with Gasteiger partial charge in [0, 0.05) is 16.7 Å². The quantitative estimate of drug-likeness (QED) is 0.268. The average molecular weight is 566 g/mol. The highest BCUT2D eigenvalue weighted by atomic mass is 35.5. The van der Waals surface area contributed by atoms with Crippen molar-refractivity contribution in [2.45, 2.75) is 44.9 Å². The van der Waals surface area contributed by atoms with Gasteiger partial charge in [-0.1, -0.05) is 54.1 Å². The van der Waals surface area contributed by atoms with Gasteiger partial charge in [-0.05, 0) is 49.9 Å². The number of allylic oxidation sites excluding steroid dienone is 1. The Morgan fingerprint density at radius 1 is 1.08 bits per heavy atom. The Labute approximate surface area is 228 Å². The summed E-state index contributed by atoms with van der Waals surface area (Å²) in [7, 11) is 1.22. The largest absolute Gasteiger partial charge is 0.490 e. The zero-order valence-corrected chi connectivity index (χ0v) is 22.2. The highest BCUT2D eigenvalue weighted by Crippen LogP contribution is 2.42. The summed E-state index contributed by atoms with van der Waals surface area (Å²) in [5, 5.41) is 0.365. The minimum Gasteiger partial charge on any atom is -0.468 e. The van der Waals surface area contributed by atoms with Crippen LogP contribution < -0.4 is 0 Å². The van der Waals surface area contributed by atoms with Crippen molar-refractivity contribution in [3.05, 3.63) is 82.0 Å². The molecule has 0 fully saturated rings. The van der Waals surface area contributed by atoms with Gasteiger partial charge in [0.25, 0.3) is 0 Å². The molecule has 0 saturated heterocycles. The van der Waals surface area contributed by atoms with Crippen molar-refractivity contribution >= 4 is 35.2 Å². The third kappa shape index (κ3) is 7.26. The molecule has 0 aliphatic carbocycles. The molecule has 39 heavy (non-hydrogen) atoms. The molecule has 0 saturated carbocycles. The van der Waals surface area contributed by atoms with Crippen LogP contribution in [-0.2, 0) is 28.6 Å². The number of aliphatic imine (C=N–C) groups is 1. The number of hydrogen-bond donors (Lipinski definition) is 0. The minimum absolute atomic E-state index is 0.0271. The van der Waals surface area contributed by atoms with Crippen LogP contribution in [0.2, 0.25) is 5.02 Å². The zero-order chi connectivity index (χ0) is 28.7. The van der Waals surface area contributed by atoms with Crippen LogP contribution in [-0.4, -0.2) is 43.5 Å². The predicted octanol–water partition coefficient (Wildman–Crippen LogP) is 6.13. The van der Waals surface area contributed by atoms with E-state index in [-0.39, 0.29) is 30.7 Å². The second-order valence-corrected chi connectivity index (χ2v) is 9.15. The van der Waals surface area contributed by atoms with Crippen LogP contribution >= 0.6 is 11.6 Å². The topological polar surface area (TPSA) is 91.3 Å². The molecule has 1 aliphatic rings. The number of alkyl halides is 3. The summed E-state index contributed by atoms with van der Waals surface area (Å²) in [6.07, 6.45) is -6.67. The van der Waals surface area contributed by atoms with E-state index in [1.807, 2.05) is 0 Å². The van der Waals surface area contributed by atoms with Gasteiger partial charge < -0.3 is 14.2 Å². The first-order valence-corrected chi connectivity index (χ1v) is 12.5. The number of esters is 3. The fourth-order valence-electron chi connectivity index (χ4n) is 4.49. The molecule has 0 amide bonds. The van der Waals surface area contributed by atoms with Gasteiger partial charge in [0.15, 0.2) is 0 Å². The Bertz CT molecular complexity index is 1280. The molecule has 0 radical (unpaired) electrons. The maximum absolute atomic E-state index is 13.3. The number of nitrogens with zero attached hydrogens (tertiary/aromatic N) is 1. The summed E-state index contributed by atoms with van der Waals surface area (Å²) >= 11 is 6.22. The molecular formula is C28H27ClF3NO6. The van der Waals surface area contributed by atoms with Gasteiger partial charge in [-0.3, -0.25) is 9.79 Å². The van der Waals surface area contributed by atoms with Crippen LogP contribution in [0.3, 0.4) is 0 Å². The average Bonchev–Trinajstić information content (AvgIpc) is 2.90. The second-order valence-electron chi connectivity index (χ2n) is 8.71. The zero-order valence-electron chi connectivity index (χ0n) is 21.5. The van der Waals surface area contributed by atoms with Crippen LogP contribution in [0.4, 0.5) is 13.2 Å². The van der Waals surface area contributed by atoms with E-state index in [1.54, 1.807) is 56.3 Å². The van der Waals surface area contributed by atoms with E-state index < -0.39 is 42.0 Å². The second kappa shape index (κ2) is 12.9. The molecule has 3 unspecified atom stereocenters. The number of rotatable bonds is 9. The van der Waals surface area contributed by atoms with Crippen LogP contribution in [0, 0.1) is 5.92 Å². The van der Waals surface area contributed by atoms with E-state index in [4.69, 9.17) is 25.8 Å². The number of ether oxygens (including phenoxy) is 3. The standard InChI is InChI=1S/C28H27ClF3NO6/c1-4-38-26(35)24-20(13-14-21(17-9-6-5-7-10-17)39-27(36)28(30,31)32)33-16(2)22(25(34)37-3)23(24)18-11-8-12-19(29)15-18/h5-12,15,21-23H,4,13-14H2,1-3H3. The molecule has 208 valence electrons. The van der Waals surface area contributed by atoms with E-state index in [0.717, 1.165) is 0 Å². The van der Waals surface area contributed by atoms with Crippen molar-refractivity contribution in [3.63, 3.8) is 0 Å². The maximum Gasteiger partial charge on any atom is 0.490 e. The summed E-state index contributed by atoms with van der Waals surface area (Å²) in [5.74, 6) is -5.59. The third-order valence-corrected chi connectivity index (χ3v) is 6.41. The third-order valence-electron chi connectivity index (χ3n) is 6.17. The maximum atomic E-state index is 13.3. The Kier molecular flexibility index (Phi) is 9.91. The van der Waals surface area contributed by atoms with Crippen LogP contribution in [0.25, 0.3) is 0 Å². The van der Waals surface area contributed by atoms with E-state index in [0.29, 0.717) is 21.9 Å². The molecule has 0 N–H and O–H groups in total. The van der Waals surface area contributed by atoms with E-state index in [2.05, 4.69) is 4.99 Å². The van der Waals surface area contributed by atoms with Crippen molar-refractivity contribution in [2.75, 3.05) is 13.7 Å². The van der Waals surface area contributed by atoms with Crippen molar-refractivity contribution in [2.24, 2.45) is 10.9 Å². The smallest absolute Gasteiger partial charge is 0.468 e. The lowest BCUT2D eigenvalue weighted by Crippen LogP contribution is -2.36. The first kappa shape index (κ1) is 29.9. The fraction of sp³-hybridized carbons (Fsp3) is 0.357. The highest BCUT2D eigenvalue weighted by Gasteiger charge is 2.44. The Hall–Kier alpha value is -3.66. The number of hydrogen-bond acceptors (Lipinski definition) is 7. The number of benzene rings is 2. The van der Waals surface area contributed by atoms with Gasteiger partial charge in [0.2, 0.25) is 0 Å². The summed E-state index contributed by atoms with van der Waals surface area (Å²) < 4.78 is 54.2. The van der Waals surface area contributed by atoms with Crippen molar-refractivity contribution in [3.8, 4) is 0 Å². The molecule has 7 nitrogen and oxygen atoms in total. The Balaban J connectivity index is 2.10. The molecule has 11 heteroatoms. The normalized spacial score (nSPS) is 18.2. The molecule has 1 aliphatic heterocycles. The summed E-state index contributed by atoms with van der Waals surface area (Å²) in [6.45, 7) is 3.24. The summed E-state index contributed by atoms with van der Waals surface area (Å²) in [5.41, 5.74) is 1.44. The molecule has 0 aromatic heterocycles. The number of carbonyl (C=O) groups excluding carboxylic acids is 3. The van der Waals surface area contributed by atoms with Crippen molar-refractivity contribution in [1.29, 1.82) is 0 Å². The molecule has 0 bridgehead atoms. The first-order valence-electron chi connectivity index (χ1n) is 12.1. The number of carbonyl (C=O) groups is 3. The molecule has 2 aromatic rings. The van der Waals surface area contributed by atoms with E-state index >= 15 is 0 Å². The molecule has 1 heterocycles. The van der Waals surface area contributed by atoms with Crippen LogP contribution in [0.5, 0.6) is 0 Å². The van der Waals surface area contributed by atoms with Crippen molar-refractivity contribution in [1.82, 2.24) is 0 Å². The molecule has 2 aromatic carbocycles. The first-order chi connectivity index (χ1) is 18.5. The van der Waals surface area contributed by atoms with Gasteiger partial charge >= 0.3 is 24.1 Å². The molecule has 0 spiro atoms. The lowest BCUT2D eigenvalue weighted by molar-refractivity contribution is -0.205.